The second-order valence-corrected chi connectivity index (χ2v) is 7.61. The predicted octanol–water partition coefficient (Wildman–Crippen LogP) is 3.19. The first-order valence-corrected chi connectivity index (χ1v) is 8.69. The zero-order valence-corrected chi connectivity index (χ0v) is 13.2. The van der Waals surface area contributed by atoms with E-state index in [-0.39, 0.29) is 11.0 Å². The zero-order valence-electron chi connectivity index (χ0n) is 11.7. The standard InChI is InChI=1S/C14H20ClNO3S/c1-9-3-5-12(7-10(9)2)19-13-6-4-11(15)8-14(13)20(16,17)18/h4,6,8-10,12H,3,5,7H2,1-2H3,(H2,16,17,18). The van der Waals surface area contributed by atoms with Crippen molar-refractivity contribution in [1.82, 2.24) is 0 Å². The van der Waals surface area contributed by atoms with Gasteiger partial charge in [0, 0.05) is 5.02 Å². The van der Waals surface area contributed by atoms with Crippen LogP contribution in [0.4, 0.5) is 0 Å². The van der Waals surface area contributed by atoms with Gasteiger partial charge in [-0.25, -0.2) is 13.6 Å². The highest BCUT2D eigenvalue weighted by Crippen LogP contribution is 2.34. The molecule has 2 N–H and O–H groups in total. The third-order valence-corrected chi connectivity index (χ3v) is 5.22. The van der Waals surface area contributed by atoms with E-state index in [1.165, 1.54) is 6.07 Å². The van der Waals surface area contributed by atoms with E-state index in [0.29, 0.717) is 22.6 Å². The average molecular weight is 318 g/mol. The summed E-state index contributed by atoms with van der Waals surface area (Å²) >= 11 is 5.83. The molecular formula is C14H20ClNO3S. The van der Waals surface area contributed by atoms with E-state index >= 15 is 0 Å². The van der Waals surface area contributed by atoms with Crippen molar-refractivity contribution in [3.63, 3.8) is 0 Å². The summed E-state index contributed by atoms with van der Waals surface area (Å²) in [7, 11) is -3.84. The molecule has 1 aromatic carbocycles. The normalized spacial score (nSPS) is 27.3. The molecule has 0 bridgehead atoms. The summed E-state index contributed by atoms with van der Waals surface area (Å²) in [5.41, 5.74) is 0. The predicted molar refractivity (Wildman–Crippen MR) is 79.4 cm³/mol. The Hall–Kier alpha value is -0.780. The first-order valence-electron chi connectivity index (χ1n) is 6.76. The number of benzene rings is 1. The Labute approximate surface area is 125 Å². The van der Waals surface area contributed by atoms with Crippen molar-refractivity contribution < 1.29 is 13.2 Å². The molecule has 20 heavy (non-hydrogen) atoms. The maximum absolute atomic E-state index is 11.6. The van der Waals surface area contributed by atoms with Gasteiger partial charge in [0.1, 0.15) is 10.6 Å². The molecule has 2 rings (SSSR count). The number of halogens is 1. The lowest BCUT2D eigenvalue weighted by Crippen LogP contribution is -2.29. The fourth-order valence-corrected chi connectivity index (χ4v) is 3.51. The molecule has 1 fully saturated rings. The van der Waals surface area contributed by atoms with Crippen molar-refractivity contribution in [2.45, 2.75) is 44.1 Å². The molecule has 0 heterocycles. The van der Waals surface area contributed by atoms with Gasteiger partial charge in [-0.1, -0.05) is 25.4 Å². The molecule has 0 spiro atoms. The molecule has 0 radical (unpaired) electrons. The molecule has 0 saturated heterocycles. The number of hydrogen-bond donors (Lipinski definition) is 1. The third-order valence-electron chi connectivity index (χ3n) is 4.06. The number of hydrogen-bond acceptors (Lipinski definition) is 3. The van der Waals surface area contributed by atoms with Gasteiger partial charge in [-0.15, -0.1) is 0 Å². The van der Waals surface area contributed by atoms with Gasteiger partial charge in [0.2, 0.25) is 10.0 Å². The summed E-state index contributed by atoms with van der Waals surface area (Å²) in [5.74, 6) is 1.54. The lowest BCUT2D eigenvalue weighted by Gasteiger charge is -2.32. The maximum atomic E-state index is 11.6. The van der Waals surface area contributed by atoms with E-state index in [1.54, 1.807) is 12.1 Å². The van der Waals surface area contributed by atoms with Crippen LogP contribution in [0.1, 0.15) is 33.1 Å². The number of primary sulfonamides is 1. The number of rotatable bonds is 3. The first kappa shape index (κ1) is 15.6. The summed E-state index contributed by atoms with van der Waals surface area (Å²) in [6.07, 6.45) is 2.97. The SMILES string of the molecule is CC1CCC(Oc2ccc(Cl)cc2S(N)(=O)=O)CC1C. The second-order valence-electron chi connectivity index (χ2n) is 5.64. The van der Waals surface area contributed by atoms with Gasteiger partial charge in [-0.2, -0.15) is 0 Å². The van der Waals surface area contributed by atoms with E-state index in [0.717, 1.165) is 19.3 Å². The van der Waals surface area contributed by atoms with Gasteiger partial charge in [0.05, 0.1) is 6.10 Å². The topological polar surface area (TPSA) is 69.4 Å². The molecule has 4 nitrogen and oxygen atoms in total. The van der Waals surface area contributed by atoms with Crippen LogP contribution in [-0.4, -0.2) is 14.5 Å². The van der Waals surface area contributed by atoms with Gasteiger partial charge in [0.15, 0.2) is 0 Å². The van der Waals surface area contributed by atoms with Crippen LogP contribution in [-0.2, 0) is 10.0 Å². The molecule has 6 heteroatoms. The summed E-state index contributed by atoms with van der Waals surface area (Å²) < 4.78 is 29.1. The van der Waals surface area contributed by atoms with Crippen molar-refractivity contribution >= 4 is 21.6 Å². The van der Waals surface area contributed by atoms with Gasteiger partial charge in [-0.05, 0) is 49.3 Å². The van der Waals surface area contributed by atoms with Crippen molar-refractivity contribution in [3.05, 3.63) is 23.2 Å². The summed E-state index contributed by atoms with van der Waals surface area (Å²) in [5, 5.41) is 5.54. The Morgan fingerprint density at radius 3 is 2.55 bits per heavy atom. The molecule has 0 aromatic heterocycles. The molecule has 1 aliphatic rings. The largest absolute Gasteiger partial charge is 0.489 e. The van der Waals surface area contributed by atoms with E-state index in [2.05, 4.69) is 13.8 Å². The summed E-state index contributed by atoms with van der Waals surface area (Å²) in [4.78, 5) is -0.0451. The first-order chi connectivity index (χ1) is 9.27. The molecule has 3 atom stereocenters. The maximum Gasteiger partial charge on any atom is 0.241 e. The minimum Gasteiger partial charge on any atom is -0.489 e. The number of sulfonamides is 1. The van der Waals surface area contributed by atoms with Gasteiger partial charge in [-0.3, -0.25) is 0 Å². The zero-order chi connectivity index (χ0) is 14.9. The third kappa shape index (κ3) is 3.65. The Morgan fingerprint density at radius 2 is 1.95 bits per heavy atom. The van der Waals surface area contributed by atoms with Crippen LogP contribution in [0.3, 0.4) is 0 Å². The molecule has 1 saturated carbocycles. The Bertz CT molecular complexity index is 588. The van der Waals surface area contributed by atoms with Gasteiger partial charge in [0.25, 0.3) is 0 Å². The fourth-order valence-electron chi connectivity index (χ4n) is 2.59. The Balaban J connectivity index is 2.22. The summed E-state index contributed by atoms with van der Waals surface area (Å²) in [6.45, 7) is 4.43. The molecule has 1 aromatic rings. The van der Waals surface area contributed by atoms with E-state index in [1.807, 2.05) is 0 Å². The highest BCUT2D eigenvalue weighted by Gasteiger charge is 2.27. The molecule has 0 aliphatic heterocycles. The van der Waals surface area contributed by atoms with Crippen molar-refractivity contribution in [1.29, 1.82) is 0 Å². The lowest BCUT2D eigenvalue weighted by atomic mass is 9.80. The Kier molecular flexibility index (Phi) is 4.62. The van der Waals surface area contributed by atoms with Crippen molar-refractivity contribution in [2.75, 3.05) is 0 Å². The molecule has 3 unspecified atom stereocenters. The minimum absolute atomic E-state index is 0.0304. The van der Waals surface area contributed by atoms with Crippen LogP contribution in [0, 0.1) is 11.8 Å². The molecule has 0 amide bonds. The van der Waals surface area contributed by atoms with E-state index < -0.39 is 10.0 Å². The summed E-state index contributed by atoms with van der Waals surface area (Å²) in [6, 6.07) is 4.52. The Morgan fingerprint density at radius 1 is 1.25 bits per heavy atom. The van der Waals surface area contributed by atoms with Crippen LogP contribution < -0.4 is 9.88 Å². The fraction of sp³-hybridized carbons (Fsp3) is 0.571. The lowest BCUT2D eigenvalue weighted by molar-refractivity contribution is 0.0979. The van der Waals surface area contributed by atoms with Crippen LogP contribution in [0.5, 0.6) is 5.75 Å². The number of ether oxygens (including phenoxy) is 1. The molecule has 112 valence electrons. The highest BCUT2D eigenvalue weighted by atomic mass is 35.5. The monoisotopic (exact) mass is 317 g/mol. The second kappa shape index (κ2) is 5.92. The van der Waals surface area contributed by atoms with Crippen LogP contribution in [0.15, 0.2) is 23.1 Å². The minimum atomic E-state index is -3.84. The smallest absolute Gasteiger partial charge is 0.241 e. The van der Waals surface area contributed by atoms with E-state index in [9.17, 15) is 8.42 Å². The number of nitrogens with two attached hydrogens (primary N) is 1. The van der Waals surface area contributed by atoms with Crippen molar-refractivity contribution in [2.24, 2.45) is 17.0 Å². The highest BCUT2D eigenvalue weighted by molar-refractivity contribution is 7.89. The molecule has 1 aliphatic carbocycles. The quantitative estimate of drug-likeness (QED) is 0.930. The van der Waals surface area contributed by atoms with Crippen LogP contribution in [0.2, 0.25) is 5.02 Å². The van der Waals surface area contributed by atoms with Gasteiger partial charge < -0.3 is 4.74 Å². The van der Waals surface area contributed by atoms with Gasteiger partial charge >= 0.3 is 0 Å². The average Bonchev–Trinajstić information content (AvgIpc) is 2.35. The molecular weight excluding hydrogens is 298 g/mol. The van der Waals surface area contributed by atoms with E-state index in [4.69, 9.17) is 21.5 Å². The van der Waals surface area contributed by atoms with Crippen LogP contribution in [0.25, 0.3) is 0 Å². The van der Waals surface area contributed by atoms with Crippen molar-refractivity contribution in [3.8, 4) is 5.75 Å². The van der Waals surface area contributed by atoms with Crippen LogP contribution >= 0.6 is 11.6 Å².